The van der Waals surface area contributed by atoms with E-state index >= 15 is 0 Å². The Morgan fingerprint density at radius 3 is 3.20 bits per heavy atom. The number of anilines is 2. The van der Waals surface area contributed by atoms with Crippen molar-refractivity contribution in [1.29, 1.82) is 0 Å². The maximum Gasteiger partial charge on any atom is 0.0774 e. The predicted molar refractivity (Wildman–Crippen MR) is 60.7 cm³/mol. The van der Waals surface area contributed by atoms with Crippen LogP contribution in [-0.2, 0) is 4.74 Å². The molecule has 1 aliphatic rings. The van der Waals surface area contributed by atoms with Gasteiger partial charge in [-0.2, -0.15) is 0 Å². The van der Waals surface area contributed by atoms with E-state index in [-0.39, 0.29) is 6.04 Å². The maximum absolute atomic E-state index is 5.80. The highest BCUT2D eigenvalue weighted by atomic mass is 16.5. The van der Waals surface area contributed by atoms with Gasteiger partial charge in [-0.3, -0.25) is 4.98 Å². The summed E-state index contributed by atoms with van der Waals surface area (Å²) < 4.78 is 5.61. The lowest BCUT2D eigenvalue weighted by atomic mass is 10.1. The van der Waals surface area contributed by atoms with Gasteiger partial charge in [-0.15, -0.1) is 0 Å². The summed E-state index contributed by atoms with van der Waals surface area (Å²) in [5.74, 6) is 0. The summed E-state index contributed by atoms with van der Waals surface area (Å²) in [7, 11) is 0. The van der Waals surface area contributed by atoms with E-state index in [4.69, 9.17) is 10.5 Å². The van der Waals surface area contributed by atoms with Crippen LogP contribution in [0.2, 0.25) is 0 Å². The van der Waals surface area contributed by atoms with Crippen molar-refractivity contribution in [2.24, 2.45) is 0 Å². The van der Waals surface area contributed by atoms with Crippen LogP contribution in [0, 0.1) is 0 Å². The molecule has 82 valence electrons. The van der Waals surface area contributed by atoms with E-state index in [1.54, 1.807) is 12.4 Å². The highest BCUT2D eigenvalue weighted by Gasteiger charge is 2.22. The van der Waals surface area contributed by atoms with Gasteiger partial charge in [-0.1, -0.05) is 0 Å². The van der Waals surface area contributed by atoms with Gasteiger partial charge < -0.3 is 15.8 Å². The summed E-state index contributed by atoms with van der Waals surface area (Å²) in [6.45, 7) is 3.00. The number of aromatic nitrogens is 1. The van der Waals surface area contributed by atoms with Gasteiger partial charge in [-0.05, 0) is 25.8 Å². The van der Waals surface area contributed by atoms with Gasteiger partial charge >= 0.3 is 0 Å². The summed E-state index contributed by atoms with van der Waals surface area (Å²) in [5.41, 5.74) is 7.42. The Bertz CT molecular complexity index is 323. The molecule has 0 radical (unpaired) electrons. The van der Waals surface area contributed by atoms with Crippen LogP contribution in [0.5, 0.6) is 0 Å². The Morgan fingerprint density at radius 1 is 1.67 bits per heavy atom. The molecule has 1 fully saturated rings. The topological polar surface area (TPSA) is 60.2 Å². The zero-order valence-electron chi connectivity index (χ0n) is 8.94. The molecule has 15 heavy (non-hydrogen) atoms. The Morgan fingerprint density at radius 2 is 2.53 bits per heavy atom. The zero-order chi connectivity index (χ0) is 10.7. The third kappa shape index (κ3) is 2.39. The minimum absolute atomic E-state index is 0.289. The van der Waals surface area contributed by atoms with E-state index in [1.807, 2.05) is 6.07 Å². The molecular weight excluding hydrogens is 190 g/mol. The van der Waals surface area contributed by atoms with Crippen LogP contribution >= 0.6 is 0 Å². The van der Waals surface area contributed by atoms with Crippen molar-refractivity contribution in [3.63, 3.8) is 0 Å². The Balaban J connectivity index is 1.99. The zero-order valence-corrected chi connectivity index (χ0v) is 8.94. The van der Waals surface area contributed by atoms with Crippen molar-refractivity contribution in [2.75, 3.05) is 17.7 Å². The first kappa shape index (κ1) is 10.2. The first-order valence-corrected chi connectivity index (χ1v) is 5.35. The van der Waals surface area contributed by atoms with Gasteiger partial charge in [0, 0.05) is 18.8 Å². The second kappa shape index (κ2) is 4.49. The third-order valence-corrected chi connectivity index (χ3v) is 2.76. The largest absolute Gasteiger partial charge is 0.396 e. The molecule has 3 N–H and O–H groups in total. The number of hydrogen-bond donors (Lipinski definition) is 2. The first-order chi connectivity index (χ1) is 7.27. The molecule has 0 bridgehead atoms. The highest BCUT2D eigenvalue weighted by Crippen LogP contribution is 2.21. The lowest BCUT2D eigenvalue weighted by Gasteiger charge is -2.21. The first-order valence-electron chi connectivity index (χ1n) is 5.35. The number of nitrogens with one attached hydrogen (secondary N) is 1. The third-order valence-electron chi connectivity index (χ3n) is 2.76. The molecule has 0 spiro atoms. The van der Waals surface area contributed by atoms with Gasteiger partial charge in [0.2, 0.25) is 0 Å². The number of hydrogen-bond acceptors (Lipinski definition) is 4. The average molecular weight is 207 g/mol. The number of ether oxygens (including phenoxy) is 1. The Labute approximate surface area is 89.8 Å². The van der Waals surface area contributed by atoms with Crippen LogP contribution in [-0.4, -0.2) is 23.7 Å². The monoisotopic (exact) mass is 207 g/mol. The van der Waals surface area contributed by atoms with Gasteiger partial charge in [0.25, 0.3) is 0 Å². The Kier molecular flexibility index (Phi) is 3.06. The summed E-state index contributed by atoms with van der Waals surface area (Å²) in [5, 5.41) is 3.36. The number of pyridine rings is 1. The van der Waals surface area contributed by atoms with E-state index in [0.717, 1.165) is 25.1 Å². The number of nitrogens with two attached hydrogens (primary N) is 1. The minimum Gasteiger partial charge on any atom is -0.396 e. The second-order valence-corrected chi connectivity index (χ2v) is 3.95. The number of rotatable bonds is 3. The molecule has 0 amide bonds. The average Bonchev–Trinajstić information content (AvgIpc) is 2.74. The smallest absolute Gasteiger partial charge is 0.0774 e. The van der Waals surface area contributed by atoms with E-state index < -0.39 is 0 Å². The molecule has 0 aromatic carbocycles. The quantitative estimate of drug-likeness (QED) is 0.791. The summed E-state index contributed by atoms with van der Waals surface area (Å²) in [6.07, 6.45) is 5.98. The van der Waals surface area contributed by atoms with Gasteiger partial charge in [0.05, 0.1) is 23.7 Å². The van der Waals surface area contributed by atoms with Gasteiger partial charge in [-0.25, -0.2) is 0 Å². The molecule has 4 nitrogen and oxygen atoms in total. The van der Waals surface area contributed by atoms with Crippen LogP contribution in [0.3, 0.4) is 0 Å². The second-order valence-electron chi connectivity index (χ2n) is 3.95. The van der Waals surface area contributed by atoms with E-state index in [9.17, 15) is 0 Å². The summed E-state index contributed by atoms with van der Waals surface area (Å²) >= 11 is 0. The molecule has 1 aromatic rings. The SMILES string of the molecule is C[C@@H](Nc1ccncc1N)[C@@H]1CCCO1. The summed E-state index contributed by atoms with van der Waals surface area (Å²) in [6, 6.07) is 2.18. The summed E-state index contributed by atoms with van der Waals surface area (Å²) in [4.78, 5) is 3.95. The molecule has 1 saturated heterocycles. The van der Waals surface area contributed by atoms with Crippen molar-refractivity contribution >= 4 is 11.4 Å². The van der Waals surface area contributed by atoms with Crippen molar-refractivity contribution in [2.45, 2.75) is 31.9 Å². The fraction of sp³-hybridized carbons (Fsp3) is 0.545. The van der Waals surface area contributed by atoms with E-state index in [1.165, 1.54) is 0 Å². The van der Waals surface area contributed by atoms with Crippen LogP contribution < -0.4 is 11.1 Å². The molecule has 2 rings (SSSR count). The molecule has 0 saturated carbocycles. The molecule has 0 aliphatic carbocycles. The molecule has 2 heterocycles. The van der Waals surface area contributed by atoms with Crippen LogP contribution in [0.25, 0.3) is 0 Å². The highest BCUT2D eigenvalue weighted by molar-refractivity contribution is 5.64. The van der Waals surface area contributed by atoms with Crippen molar-refractivity contribution in [3.05, 3.63) is 18.5 Å². The van der Waals surface area contributed by atoms with Crippen molar-refractivity contribution in [1.82, 2.24) is 4.98 Å². The molecule has 2 atom stereocenters. The fourth-order valence-electron chi connectivity index (χ4n) is 1.87. The molecule has 0 unspecified atom stereocenters. The van der Waals surface area contributed by atoms with Crippen molar-refractivity contribution in [3.8, 4) is 0 Å². The lowest BCUT2D eigenvalue weighted by Crippen LogP contribution is -2.30. The molecular formula is C11H17N3O. The van der Waals surface area contributed by atoms with E-state index in [2.05, 4.69) is 17.2 Å². The molecule has 4 heteroatoms. The number of nitrogen functional groups attached to an aromatic ring is 1. The van der Waals surface area contributed by atoms with Crippen molar-refractivity contribution < 1.29 is 4.74 Å². The van der Waals surface area contributed by atoms with E-state index in [0.29, 0.717) is 11.8 Å². The van der Waals surface area contributed by atoms with Gasteiger partial charge in [0.1, 0.15) is 0 Å². The minimum atomic E-state index is 0.289. The Hall–Kier alpha value is -1.29. The predicted octanol–water partition coefficient (Wildman–Crippen LogP) is 1.64. The fourth-order valence-corrected chi connectivity index (χ4v) is 1.87. The lowest BCUT2D eigenvalue weighted by molar-refractivity contribution is 0.0997. The van der Waals surface area contributed by atoms with Crippen LogP contribution in [0.1, 0.15) is 19.8 Å². The maximum atomic E-state index is 5.80. The standard InChI is InChI=1S/C11H17N3O/c1-8(11-3-2-6-15-11)14-10-4-5-13-7-9(10)12/h4-5,7-8,11H,2-3,6,12H2,1H3,(H,13,14)/t8-,11+/m1/s1. The normalized spacial score (nSPS) is 22.6. The van der Waals surface area contributed by atoms with Crippen LogP contribution in [0.4, 0.5) is 11.4 Å². The van der Waals surface area contributed by atoms with Crippen LogP contribution in [0.15, 0.2) is 18.5 Å². The number of nitrogens with zero attached hydrogens (tertiary/aromatic N) is 1. The molecule has 1 aliphatic heterocycles. The van der Waals surface area contributed by atoms with Gasteiger partial charge in [0.15, 0.2) is 0 Å². The molecule has 1 aromatic heterocycles.